The molecule has 0 aliphatic carbocycles. The van der Waals surface area contributed by atoms with Gasteiger partial charge in [0.15, 0.2) is 0 Å². The van der Waals surface area contributed by atoms with E-state index in [1.165, 1.54) is 54.7 Å². The average Bonchev–Trinajstić information content (AvgIpc) is 3.66. The molecule has 6 nitrogen and oxygen atoms in total. The van der Waals surface area contributed by atoms with E-state index in [1.54, 1.807) is 0 Å². The standard InChI is InChI=1S/C44H40N6/c1-5-49-41-21-17-31(29-45-47(3)35-13-9-7-10-14-35)25-37(41)39-27-33(19-23-43(39)49)34-20-24-44-40(28-34)38-26-32(18-22-42(38)50(44)6-2)30-46-48(4)36-15-11-8-12-16-36/h7-30H,5-6H2,1-4H3/b45-29+,46-30+. The van der Waals surface area contributed by atoms with Gasteiger partial charge >= 0.3 is 0 Å². The first-order chi connectivity index (χ1) is 24.5. The predicted molar refractivity (Wildman–Crippen MR) is 214 cm³/mol. The Bertz CT molecular complexity index is 2360. The molecule has 0 spiro atoms. The quantitative estimate of drug-likeness (QED) is 0.115. The van der Waals surface area contributed by atoms with Crippen molar-refractivity contribution in [3.8, 4) is 11.1 Å². The molecule has 8 rings (SSSR count). The highest BCUT2D eigenvalue weighted by Gasteiger charge is 2.15. The first-order valence-electron chi connectivity index (χ1n) is 17.3. The third-order valence-corrected chi connectivity index (χ3v) is 9.76. The van der Waals surface area contributed by atoms with Gasteiger partial charge in [-0.05, 0) is 109 Å². The molecule has 246 valence electrons. The van der Waals surface area contributed by atoms with Gasteiger partial charge in [-0.25, -0.2) is 0 Å². The van der Waals surface area contributed by atoms with Crippen molar-refractivity contribution in [1.82, 2.24) is 9.13 Å². The maximum absolute atomic E-state index is 4.74. The molecule has 6 heteroatoms. The van der Waals surface area contributed by atoms with Crippen molar-refractivity contribution >= 4 is 67.4 Å². The van der Waals surface area contributed by atoms with Gasteiger partial charge in [0.25, 0.3) is 0 Å². The number of aryl methyl sites for hydroxylation is 2. The van der Waals surface area contributed by atoms with Crippen molar-refractivity contribution in [3.63, 3.8) is 0 Å². The minimum absolute atomic E-state index is 0.902. The fourth-order valence-electron chi connectivity index (χ4n) is 7.17. The van der Waals surface area contributed by atoms with Gasteiger partial charge in [0.1, 0.15) is 0 Å². The first kappa shape index (κ1) is 31.1. The van der Waals surface area contributed by atoms with Crippen LogP contribution in [0, 0.1) is 0 Å². The minimum atomic E-state index is 0.902. The molecular weight excluding hydrogens is 613 g/mol. The molecule has 0 radical (unpaired) electrons. The number of anilines is 2. The lowest BCUT2D eigenvalue weighted by molar-refractivity contribution is 0.827. The summed E-state index contributed by atoms with van der Waals surface area (Å²) in [7, 11) is 3.96. The average molecular weight is 653 g/mol. The second kappa shape index (κ2) is 13.1. The Labute approximate surface area is 292 Å². The molecule has 2 heterocycles. The third kappa shape index (κ3) is 5.59. The van der Waals surface area contributed by atoms with Crippen molar-refractivity contribution in [2.45, 2.75) is 26.9 Å². The monoisotopic (exact) mass is 652 g/mol. The number of benzene rings is 6. The number of rotatable bonds is 9. The molecule has 0 saturated heterocycles. The smallest absolute Gasteiger partial charge is 0.0590 e. The third-order valence-electron chi connectivity index (χ3n) is 9.76. The van der Waals surface area contributed by atoms with Gasteiger partial charge in [0, 0.05) is 70.8 Å². The van der Waals surface area contributed by atoms with Crippen LogP contribution in [-0.2, 0) is 13.1 Å². The molecule has 0 bridgehead atoms. The molecule has 0 amide bonds. The molecule has 0 aliphatic heterocycles. The van der Waals surface area contributed by atoms with Crippen LogP contribution >= 0.6 is 0 Å². The maximum atomic E-state index is 4.74. The molecule has 0 fully saturated rings. The van der Waals surface area contributed by atoms with Crippen LogP contribution in [0.5, 0.6) is 0 Å². The zero-order valence-electron chi connectivity index (χ0n) is 29.0. The van der Waals surface area contributed by atoms with E-state index in [1.807, 2.05) is 72.9 Å². The van der Waals surface area contributed by atoms with Crippen molar-refractivity contribution in [1.29, 1.82) is 0 Å². The van der Waals surface area contributed by atoms with Gasteiger partial charge in [-0.1, -0.05) is 60.7 Å². The van der Waals surface area contributed by atoms with E-state index >= 15 is 0 Å². The molecule has 2 aromatic heterocycles. The molecule has 0 atom stereocenters. The van der Waals surface area contributed by atoms with E-state index in [0.717, 1.165) is 35.6 Å². The predicted octanol–water partition coefficient (Wildman–Crippen LogP) is 10.5. The van der Waals surface area contributed by atoms with E-state index in [0.29, 0.717) is 0 Å². The number of hydrogen-bond acceptors (Lipinski definition) is 4. The molecule has 8 aromatic rings. The topological polar surface area (TPSA) is 41.1 Å². The Hall–Kier alpha value is -6.14. The van der Waals surface area contributed by atoms with Crippen LogP contribution < -0.4 is 10.0 Å². The van der Waals surface area contributed by atoms with Gasteiger partial charge in [0.2, 0.25) is 0 Å². The fraction of sp³-hybridized carbons (Fsp3) is 0.136. The lowest BCUT2D eigenvalue weighted by atomic mass is 10.00. The summed E-state index contributed by atoms with van der Waals surface area (Å²) in [4.78, 5) is 0. The van der Waals surface area contributed by atoms with Crippen LogP contribution in [0.1, 0.15) is 25.0 Å². The number of hydrogen-bond donors (Lipinski definition) is 0. The summed E-state index contributed by atoms with van der Waals surface area (Å²) in [5.74, 6) is 0. The largest absolute Gasteiger partial charge is 0.341 e. The molecule has 0 unspecified atom stereocenters. The van der Waals surface area contributed by atoms with Gasteiger partial charge in [0.05, 0.1) is 23.8 Å². The number of para-hydroxylation sites is 2. The number of nitrogens with zero attached hydrogens (tertiary/aromatic N) is 6. The van der Waals surface area contributed by atoms with E-state index in [9.17, 15) is 0 Å². The molecule has 6 aromatic carbocycles. The van der Waals surface area contributed by atoms with Crippen molar-refractivity contribution in [3.05, 3.63) is 145 Å². The maximum Gasteiger partial charge on any atom is 0.0590 e. The first-order valence-corrected chi connectivity index (χ1v) is 17.3. The van der Waals surface area contributed by atoms with Crippen LogP contribution in [0.3, 0.4) is 0 Å². The van der Waals surface area contributed by atoms with Gasteiger partial charge in [-0.3, -0.25) is 10.0 Å². The summed E-state index contributed by atoms with van der Waals surface area (Å²) in [6, 6.07) is 47.5. The number of fused-ring (bicyclic) bond motifs is 6. The molecule has 0 saturated carbocycles. The highest BCUT2D eigenvalue weighted by atomic mass is 15.4. The van der Waals surface area contributed by atoms with Crippen LogP contribution in [0.15, 0.2) is 144 Å². The number of hydrazone groups is 2. The molecular formula is C44H40N6. The summed E-state index contributed by atoms with van der Waals surface area (Å²) in [5.41, 5.74) is 11.6. The Morgan fingerprint density at radius 2 is 0.820 bits per heavy atom. The van der Waals surface area contributed by atoms with E-state index in [2.05, 4.69) is 120 Å². The normalized spacial score (nSPS) is 12.0. The fourth-order valence-corrected chi connectivity index (χ4v) is 7.17. The molecule has 50 heavy (non-hydrogen) atoms. The van der Waals surface area contributed by atoms with E-state index in [4.69, 9.17) is 10.2 Å². The van der Waals surface area contributed by atoms with E-state index < -0.39 is 0 Å². The van der Waals surface area contributed by atoms with Crippen LogP contribution in [0.2, 0.25) is 0 Å². The summed E-state index contributed by atoms with van der Waals surface area (Å²) in [6.07, 6.45) is 3.89. The Balaban J connectivity index is 1.19. The Kier molecular flexibility index (Phi) is 8.13. The molecule has 0 aliphatic rings. The van der Waals surface area contributed by atoms with Crippen molar-refractivity contribution in [2.24, 2.45) is 10.2 Å². The summed E-state index contributed by atoms with van der Waals surface area (Å²) >= 11 is 0. The van der Waals surface area contributed by atoms with Crippen LogP contribution in [-0.4, -0.2) is 35.7 Å². The minimum Gasteiger partial charge on any atom is -0.341 e. The zero-order chi connectivity index (χ0) is 34.2. The van der Waals surface area contributed by atoms with Gasteiger partial charge in [-0.15, -0.1) is 0 Å². The van der Waals surface area contributed by atoms with Gasteiger partial charge < -0.3 is 9.13 Å². The van der Waals surface area contributed by atoms with Crippen molar-refractivity contribution in [2.75, 3.05) is 24.1 Å². The summed E-state index contributed by atoms with van der Waals surface area (Å²) < 4.78 is 4.81. The summed E-state index contributed by atoms with van der Waals surface area (Å²) in [5, 5.41) is 18.3. The zero-order valence-corrected chi connectivity index (χ0v) is 29.0. The molecule has 0 N–H and O–H groups in total. The Morgan fingerprint density at radius 1 is 0.460 bits per heavy atom. The second-order valence-corrected chi connectivity index (χ2v) is 12.7. The summed E-state index contributed by atoms with van der Waals surface area (Å²) in [6.45, 7) is 6.23. The second-order valence-electron chi connectivity index (χ2n) is 12.7. The highest BCUT2D eigenvalue weighted by molar-refractivity contribution is 6.13. The highest BCUT2D eigenvalue weighted by Crippen LogP contribution is 2.36. The van der Waals surface area contributed by atoms with Crippen LogP contribution in [0.25, 0.3) is 54.7 Å². The SMILES string of the molecule is CCn1c2ccc(/C=N/N(C)c3ccccc3)cc2c2cc(-c3ccc4c(c3)c3cc(/C=N/N(C)c5ccccc5)ccc3n4CC)ccc21. The van der Waals surface area contributed by atoms with Crippen molar-refractivity contribution < 1.29 is 0 Å². The van der Waals surface area contributed by atoms with E-state index in [-0.39, 0.29) is 0 Å². The van der Waals surface area contributed by atoms with Gasteiger partial charge in [-0.2, -0.15) is 10.2 Å². The Morgan fingerprint density at radius 3 is 1.20 bits per heavy atom. The number of aromatic nitrogens is 2. The van der Waals surface area contributed by atoms with Crippen LogP contribution in [0.4, 0.5) is 11.4 Å². The lowest BCUT2D eigenvalue weighted by Crippen LogP contribution is -2.08. The lowest BCUT2D eigenvalue weighted by Gasteiger charge is -2.12.